The van der Waals surface area contributed by atoms with Crippen LogP contribution < -0.4 is 5.32 Å². The Bertz CT molecular complexity index is 1230. The standard InChI is InChI=1S/C20H19N9/c1-4-5-16-12-28(27-26-16)18-11-22-19(7-17(18)25-13(2)3)29-20-15(10-24-29)6-14(8-21)9-23-20/h4,6-7,9-13H,1,5H2,2-3H3,(H,22,25). The predicted octanol–water partition coefficient (Wildman–Crippen LogP) is 2.82. The fourth-order valence-electron chi connectivity index (χ4n) is 2.97. The molecule has 0 saturated heterocycles. The number of fused-ring (bicyclic) bond motifs is 1. The van der Waals surface area contributed by atoms with Gasteiger partial charge in [-0.25, -0.2) is 14.6 Å². The van der Waals surface area contributed by atoms with E-state index in [1.165, 1.54) is 6.20 Å². The number of nitriles is 1. The van der Waals surface area contributed by atoms with Crippen LogP contribution in [-0.4, -0.2) is 40.8 Å². The molecule has 0 saturated carbocycles. The Hall–Kier alpha value is -4.06. The number of hydrogen-bond acceptors (Lipinski definition) is 7. The van der Waals surface area contributed by atoms with Gasteiger partial charge in [0, 0.05) is 30.1 Å². The summed E-state index contributed by atoms with van der Waals surface area (Å²) in [6.07, 6.45) is 9.22. The minimum atomic E-state index is 0.200. The van der Waals surface area contributed by atoms with E-state index in [9.17, 15) is 0 Å². The highest BCUT2D eigenvalue weighted by Gasteiger charge is 2.14. The molecule has 0 atom stereocenters. The zero-order chi connectivity index (χ0) is 20.4. The molecule has 4 rings (SSSR count). The summed E-state index contributed by atoms with van der Waals surface area (Å²) in [4.78, 5) is 8.92. The van der Waals surface area contributed by atoms with Crippen LogP contribution >= 0.6 is 0 Å². The minimum absolute atomic E-state index is 0.200. The summed E-state index contributed by atoms with van der Waals surface area (Å²) in [5.41, 5.74) is 3.58. The first-order valence-corrected chi connectivity index (χ1v) is 9.12. The first-order valence-electron chi connectivity index (χ1n) is 9.12. The van der Waals surface area contributed by atoms with E-state index in [0.717, 1.165) is 22.5 Å². The third-order valence-electron chi connectivity index (χ3n) is 4.21. The van der Waals surface area contributed by atoms with E-state index >= 15 is 0 Å². The Morgan fingerprint density at radius 3 is 2.86 bits per heavy atom. The van der Waals surface area contributed by atoms with Crippen LogP contribution in [0.15, 0.2) is 49.6 Å². The summed E-state index contributed by atoms with van der Waals surface area (Å²) >= 11 is 0. The van der Waals surface area contributed by atoms with Crippen LogP contribution in [0.4, 0.5) is 5.69 Å². The molecule has 0 aliphatic heterocycles. The van der Waals surface area contributed by atoms with Crippen molar-refractivity contribution in [3.63, 3.8) is 0 Å². The molecule has 0 aromatic carbocycles. The number of pyridine rings is 2. The molecule has 144 valence electrons. The molecule has 0 aliphatic rings. The van der Waals surface area contributed by atoms with Crippen molar-refractivity contribution in [2.24, 2.45) is 0 Å². The molecule has 0 fully saturated rings. The normalized spacial score (nSPS) is 11.0. The van der Waals surface area contributed by atoms with Crippen molar-refractivity contribution in [3.05, 3.63) is 60.8 Å². The van der Waals surface area contributed by atoms with Crippen LogP contribution in [0.1, 0.15) is 25.1 Å². The van der Waals surface area contributed by atoms with E-state index < -0.39 is 0 Å². The van der Waals surface area contributed by atoms with Gasteiger partial charge in [-0.2, -0.15) is 15.0 Å². The molecule has 9 heteroatoms. The van der Waals surface area contributed by atoms with Gasteiger partial charge in [0.15, 0.2) is 11.5 Å². The molecule has 0 aliphatic carbocycles. The Morgan fingerprint density at radius 1 is 1.24 bits per heavy atom. The largest absolute Gasteiger partial charge is 0.381 e. The Morgan fingerprint density at radius 2 is 2.10 bits per heavy atom. The van der Waals surface area contributed by atoms with E-state index in [0.29, 0.717) is 23.4 Å². The molecule has 9 nitrogen and oxygen atoms in total. The number of allylic oxidation sites excluding steroid dienone is 1. The number of hydrogen-bond donors (Lipinski definition) is 1. The molecule has 4 aromatic heterocycles. The average Bonchev–Trinajstić information content (AvgIpc) is 3.34. The van der Waals surface area contributed by atoms with Gasteiger partial charge in [-0.05, 0) is 19.9 Å². The Kier molecular flexibility index (Phi) is 4.75. The second kappa shape index (κ2) is 7.52. The maximum Gasteiger partial charge on any atom is 0.164 e. The molecule has 29 heavy (non-hydrogen) atoms. The van der Waals surface area contributed by atoms with Crippen molar-refractivity contribution in [1.82, 2.24) is 34.7 Å². The van der Waals surface area contributed by atoms with Crippen LogP contribution in [0.25, 0.3) is 22.5 Å². The highest BCUT2D eigenvalue weighted by Crippen LogP contribution is 2.24. The zero-order valence-corrected chi connectivity index (χ0v) is 16.1. The maximum absolute atomic E-state index is 9.06. The molecule has 0 amide bonds. The first-order chi connectivity index (χ1) is 14.1. The maximum atomic E-state index is 9.06. The van der Waals surface area contributed by atoms with Crippen molar-refractivity contribution >= 4 is 16.7 Å². The van der Waals surface area contributed by atoms with E-state index in [1.54, 1.807) is 33.9 Å². The molecule has 0 radical (unpaired) electrons. The molecule has 0 unspecified atom stereocenters. The zero-order valence-electron chi connectivity index (χ0n) is 16.1. The summed E-state index contributed by atoms with van der Waals surface area (Å²) in [6.45, 7) is 7.85. The van der Waals surface area contributed by atoms with E-state index in [4.69, 9.17) is 5.26 Å². The molecule has 1 N–H and O–H groups in total. The van der Waals surface area contributed by atoms with E-state index in [2.05, 4.69) is 57.2 Å². The molecule has 0 bridgehead atoms. The summed E-state index contributed by atoms with van der Waals surface area (Å²) < 4.78 is 3.34. The van der Waals surface area contributed by atoms with Crippen molar-refractivity contribution in [3.8, 4) is 17.6 Å². The van der Waals surface area contributed by atoms with Gasteiger partial charge in [-0.3, -0.25) is 0 Å². The number of anilines is 1. The van der Waals surface area contributed by atoms with Crippen molar-refractivity contribution in [2.45, 2.75) is 26.3 Å². The predicted molar refractivity (Wildman–Crippen MR) is 109 cm³/mol. The second-order valence-electron chi connectivity index (χ2n) is 6.81. The third-order valence-corrected chi connectivity index (χ3v) is 4.21. The smallest absolute Gasteiger partial charge is 0.164 e. The van der Waals surface area contributed by atoms with Gasteiger partial charge in [-0.1, -0.05) is 11.3 Å². The van der Waals surface area contributed by atoms with Crippen molar-refractivity contribution in [1.29, 1.82) is 5.26 Å². The number of rotatable bonds is 6. The second-order valence-corrected chi connectivity index (χ2v) is 6.81. The Balaban J connectivity index is 1.79. The van der Waals surface area contributed by atoms with E-state index in [-0.39, 0.29) is 6.04 Å². The van der Waals surface area contributed by atoms with Crippen LogP contribution in [0.2, 0.25) is 0 Å². The number of aromatic nitrogens is 7. The average molecular weight is 385 g/mol. The van der Waals surface area contributed by atoms with Crippen molar-refractivity contribution < 1.29 is 0 Å². The van der Waals surface area contributed by atoms with Crippen molar-refractivity contribution in [2.75, 3.05) is 5.32 Å². The van der Waals surface area contributed by atoms with Crippen LogP contribution in [-0.2, 0) is 6.42 Å². The van der Waals surface area contributed by atoms with E-state index in [1.807, 2.05) is 12.3 Å². The van der Waals surface area contributed by atoms with Gasteiger partial charge in [0.2, 0.25) is 0 Å². The van der Waals surface area contributed by atoms with Gasteiger partial charge >= 0.3 is 0 Å². The first kappa shape index (κ1) is 18.3. The lowest BCUT2D eigenvalue weighted by molar-refractivity contribution is 0.786. The summed E-state index contributed by atoms with van der Waals surface area (Å²) in [6, 6.07) is 5.94. The fraction of sp³-hybridized carbons (Fsp3) is 0.200. The minimum Gasteiger partial charge on any atom is -0.381 e. The fourth-order valence-corrected chi connectivity index (χ4v) is 2.97. The number of nitrogens with one attached hydrogen (secondary N) is 1. The monoisotopic (exact) mass is 385 g/mol. The number of nitrogens with zero attached hydrogens (tertiary/aromatic N) is 8. The summed E-state index contributed by atoms with van der Waals surface area (Å²) in [5, 5.41) is 26.0. The summed E-state index contributed by atoms with van der Waals surface area (Å²) in [5.74, 6) is 0.607. The van der Waals surface area contributed by atoms with Gasteiger partial charge in [0.25, 0.3) is 0 Å². The molecule has 4 aromatic rings. The third kappa shape index (κ3) is 3.55. The van der Waals surface area contributed by atoms with Gasteiger partial charge in [0.05, 0.1) is 35.5 Å². The lowest BCUT2D eigenvalue weighted by Gasteiger charge is -2.15. The molecular weight excluding hydrogens is 366 g/mol. The van der Waals surface area contributed by atoms with Crippen LogP contribution in [0, 0.1) is 11.3 Å². The Labute approximate surface area is 167 Å². The van der Waals surface area contributed by atoms with Gasteiger partial charge in [0.1, 0.15) is 11.8 Å². The topological polar surface area (TPSA) is 110 Å². The molecule has 4 heterocycles. The quantitative estimate of drug-likeness (QED) is 0.508. The summed E-state index contributed by atoms with van der Waals surface area (Å²) in [7, 11) is 0. The lowest BCUT2D eigenvalue weighted by atomic mass is 10.2. The SMILES string of the molecule is C=CCc1cn(-c2cnc(-n3ncc4cc(C#N)cnc43)cc2NC(C)C)nn1. The van der Waals surface area contributed by atoms with Crippen LogP contribution in [0.5, 0.6) is 0 Å². The van der Waals surface area contributed by atoms with Crippen LogP contribution in [0.3, 0.4) is 0 Å². The molecular formula is C20H19N9. The highest BCUT2D eigenvalue weighted by atomic mass is 15.4. The molecule has 0 spiro atoms. The highest BCUT2D eigenvalue weighted by molar-refractivity contribution is 5.77. The van der Waals surface area contributed by atoms with Gasteiger partial charge in [-0.15, -0.1) is 11.7 Å². The lowest BCUT2D eigenvalue weighted by Crippen LogP contribution is -2.14. The van der Waals surface area contributed by atoms with Gasteiger partial charge < -0.3 is 5.32 Å².